The molecule has 0 saturated carbocycles. The zero-order valence-corrected chi connectivity index (χ0v) is 12.1. The van der Waals surface area contributed by atoms with Crippen LogP contribution < -0.4 is 0 Å². The molecule has 1 aromatic carbocycles. The van der Waals surface area contributed by atoms with Crippen LogP contribution in [0, 0.1) is 0 Å². The highest BCUT2D eigenvalue weighted by Gasteiger charge is 2.36. The van der Waals surface area contributed by atoms with Gasteiger partial charge in [-0.25, -0.2) is 0 Å². The van der Waals surface area contributed by atoms with Crippen molar-refractivity contribution < 1.29 is 14.4 Å². The standard InChI is InChI=1S/C16H18N2O3/c1-2-3-9-18-15(20)12-6-5-11(10-13(12)16(18)21)14(19)17-7-4-8-17/h5-6,10H,2-4,7-9H2,1H3. The second-order valence-corrected chi connectivity index (χ2v) is 5.52. The Kier molecular flexibility index (Phi) is 3.49. The summed E-state index contributed by atoms with van der Waals surface area (Å²) < 4.78 is 0. The first-order valence-corrected chi connectivity index (χ1v) is 7.43. The van der Waals surface area contributed by atoms with Gasteiger partial charge in [0.05, 0.1) is 11.1 Å². The van der Waals surface area contributed by atoms with Crippen molar-refractivity contribution in [2.24, 2.45) is 0 Å². The molecule has 5 nitrogen and oxygen atoms in total. The van der Waals surface area contributed by atoms with E-state index in [1.54, 1.807) is 23.1 Å². The minimum Gasteiger partial charge on any atom is -0.339 e. The molecule has 0 N–H and O–H groups in total. The number of hydrogen-bond donors (Lipinski definition) is 0. The molecule has 5 heteroatoms. The van der Waals surface area contributed by atoms with Crippen molar-refractivity contribution in [3.8, 4) is 0 Å². The van der Waals surface area contributed by atoms with E-state index in [1.807, 2.05) is 6.92 Å². The van der Waals surface area contributed by atoms with E-state index in [1.165, 1.54) is 4.90 Å². The van der Waals surface area contributed by atoms with Crippen molar-refractivity contribution in [1.82, 2.24) is 9.80 Å². The lowest BCUT2D eigenvalue weighted by Crippen LogP contribution is -2.42. The van der Waals surface area contributed by atoms with Gasteiger partial charge in [-0.2, -0.15) is 0 Å². The van der Waals surface area contributed by atoms with Crippen LogP contribution in [0.2, 0.25) is 0 Å². The van der Waals surface area contributed by atoms with E-state index in [-0.39, 0.29) is 17.7 Å². The van der Waals surface area contributed by atoms with Crippen molar-refractivity contribution in [1.29, 1.82) is 0 Å². The highest BCUT2D eigenvalue weighted by molar-refractivity contribution is 6.22. The van der Waals surface area contributed by atoms with Gasteiger partial charge < -0.3 is 4.90 Å². The number of likely N-dealkylation sites (tertiary alicyclic amines) is 1. The van der Waals surface area contributed by atoms with E-state index in [0.717, 1.165) is 32.4 Å². The summed E-state index contributed by atoms with van der Waals surface area (Å²) in [4.78, 5) is 39.7. The molecule has 0 atom stereocenters. The summed E-state index contributed by atoms with van der Waals surface area (Å²) in [5.74, 6) is -0.579. The highest BCUT2D eigenvalue weighted by Crippen LogP contribution is 2.25. The van der Waals surface area contributed by atoms with Gasteiger partial charge in [-0.1, -0.05) is 13.3 Å². The number of rotatable bonds is 4. The number of nitrogens with zero attached hydrogens (tertiary/aromatic N) is 2. The Hall–Kier alpha value is -2.17. The van der Waals surface area contributed by atoms with Crippen molar-refractivity contribution in [2.45, 2.75) is 26.2 Å². The Balaban J connectivity index is 1.87. The number of benzene rings is 1. The van der Waals surface area contributed by atoms with E-state index >= 15 is 0 Å². The quantitative estimate of drug-likeness (QED) is 0.795. The summed E-state index contributed by atoms with van der Waals surface area (Å²) in [5.41, 5.74) is 1.27. The minimum atomic E-state index is -0.276. The smallest absolute Gasteiger partial charge is 0.261 e. The molecule has 110 valence electrons. The predicted molar refractivity (Wildman–Crippen MR) is 77.2 cm³/mol. The Labute approximate surface area is 123 Å². The van der Waals surface area contributed by atoms with Gasteiger partial charge in [0.2, 0.25) is 0 Å². The van der Waals surface area contributed by atoms with Gasteiger partial charge >= 0.3 is 0 Å². The predicted octanol–water partition coefficient (Wildman–Crippen LogP) is 1.93. The van der Waals surface area contributed by atoms with Crippen LogP contribution in [-0.4, -0.2) is 47.2 Å². The number of imide groups is 1. The lowest BCUT2D eigenvalue weighted by molar-refractivity contribution is 0.0645. The van der Waals surface area contributed by atoms with Gasteiger partial charge in [-0.15, -0.1) is 0 Å². The summed E-state index contributed by atoms with van der Waals surface area (Å²) in [6, 6.07) is 4.82. The molecule has 0 radical (unpaired) electrons. The molecule has 0 aliphatic carbocycles. The molecule has 3 rings (SSSR count). The molecular weight excluding hydrogens is 268 g/mol. The number of carbonyl (C=O) groups is 3. The Morgan fingerprint density at radius 2 is 1.86 bits per heavy atom. The van der Waals surface area contributed by atoms with E-state index in [4.69, 9.17) is 0 Å². The zero-order valence-electron chi connectivity index (χ0n) is 12.1. The molecule has 21 heavy (non-hydrogen) atoms. The van der Waals surface area contributed by atoms with Crippen molar-refractivity contribution in [3.05, 3.63) is 34.9 Å². The van der Waals surface area contributed by atoms with Gasteiger partial charge in [0, 0.05) is 25.2 Å². The monoisotopic (exact) mass is 286 g/mol. The second-order valence-electron chi connectivity index (χ2n) is 5.52. The van der Waals surface area contributed by atoms with Gasteiger partial charge in [-0.3, -0.25) is 19.3 Å². The lowest BCUT2D eigenvalue weighted by Gasteiger charge is -2.30. The van der Waals surface area contributed by atoms with Gasteiger partial charge in [-0.05, 0) is 31.0 Å². The zero-order chi connectivity index (χ0) is 15.0. The van der Waals surface area contributed by atoms with Gasteiger partial charge in [0.1, 0.15) is 0 Å². The van der Waals surface area contributed by atoms with Crippen LogP contribution in [0.5, 0.6) is 0 Å². The Morgan fingerprint density at radius 1 is 1.14 bits per heavy atom. The molecule has 0 bridgehead atoms. The normalized spacial score (nSPS) is 17.0. The fourth-order valence-corrected chi connectivity index (χ4v) is 2.64. The van der Waals surface area contributed by atoms with Crippen LogP contribution in [-0.2, 0) is 0 Å². The third-order valence-corrected chi connectivity index (χ3v) is 4.10. The number of carbonyl (C=O) groups excluding carboxylic acids is 3. The maximum atomic E-state index is 12.3. The van der Waals surface area contributed by atoms with Crippen molar-refractivity contribution in [3.63, 3.8) is 0 Å². The molecule has 3 amide bonds. The fourth-order valence-electron chi connectivity index (χ4n) is 2.64. The Morgan fingerprint density at radius 3 is 2.48 bits per heavy atom. The fraction of sp³-hybridized carbons (Fsp3) is 0.438. The summed E-state index contributed by atoms with van der Waals surface area (Å²) in [6.45, 7) is 4.00. The summed E-state index contributed by atoms with van der Waals surface area (Å²) in [7, 11) is 0. The summed E-state index contributed by atoms with van der Waals surface area (Å²) in [5, 5.41) is 0. The van der Waals surface area contributed by atoms with Gasteiger partial charge in [0.15, 0.2) is 0 Å². The van der Waals surface area contributed by atoms with E-state index in [9.17, 15) is 14.4 Å². The van der Waals surface area contributed by atoms with E-state index < -0.39 is 0 Å². The average molecular weight is 286 g/mol. The molecule has 2 aliphatic heterocycles. The highest BCUT2D eigenvalue weighted by atomic mass is 16.2. The molecule has 0 unspecified atom stereocenters. The van der Waals surface area contributed by atoms with E-state index in [2.05, 4.69) is 0 Å². The van der Waals surface area contributed by atoms with Crippen LogP contribution in [0.15, 0.2) is 18.2 Å². The first kappa shape index (κ1) is 13.8. The maximum Gasteiger partial charge on any atom is 0.261 e. The maximum absolute atomic E-state index is 12.3. The summed E-state index contributed by atoms with van der Waals surface area (Å²) in [6.07, 6.45) is 2.75. The second kappa shape index (κ2) is 5.31. The van der Waals surface area contributed by atoms with Crippen LogP contribution in [0.1, 0.15) is 57.3 Å². The third kappa shape index (κ3) is 2.22. The first-order chi connectivity index (χ1) is 10.1. The third-order valence-electron chi connectivity index (χ3n) is 4.10. The molecule has 0 aromatic heterocycles. The average Bonchev–Trinajstić information content (AvgIpc) is 2.66. The van der Waals surface area contributed by atoms with Crippen molar-refractivity contribution >= 4 is 17.7 Å². The summed E-state index contributed by atoms with van der Waals surface area (Å²) >= 11 is 0. The molecule has 2 heterocycles. The SMILES string of the molecule is CCCCN1C(=O)c2ccc(C(=O)N3CCC3)cc2C1=O. The minimum absolute atomic E-state index is 0.0590. The van der Waals surface area contributed by atoms with Crippen LogP contribution in [0.4, 0.5) is 0 Å². The Bertz CT molecular complexity index is 620. The number of unbranched alkanes of at least 4 members (excludes halogenated alkanes) is 1. The van der Waals surface area contributed by atoms with Crippen LogP contribution in [0.25, 0.3) is 0 Å². The number of amides is 3. The number of fused-ring (bicyclic) bond motifs is 1. The molecule has 1 saturated heterocycles. The molecule has 1 aromatic rings. The van der Waals surface area contributed by atoms with Crippen LogP contribution in [0.3, 0.4) is 0 Å². The first-order valence-electron chi connectivity index (χ1n) is 7.43. The topological polar surface area (TPSA) is 57.7 Å². The molecule has 1 fully saturated rings. The van der Waals surface area contributed by atoms with Crippen molar-refractivity contribution in [2.75, 3.05) is 19.6 Å². The molecule has 0 spiro atoms. The molecule has 2 aliphatic rings. The lowest BCUT2D eigenvalue weighted by atomic mass is 10.0. The van der Waals surface area contributed by atoms with Crippen LogP contribution >= 0.6 is 0 Å². The number of hydrogen-bond acceptors (Lipinski definition) is 3. The largest absolute Gasteiger partial charge is 0.339 e. The molecular formula is C16H18N2O3. The van der Waals surface area contributed by atoms with Gasteiger partial charge in [0.25, 0.3) is 17.7 Å². The van der Waals surface area contributed by atoms with E-state index in [0.29, 0.717) is 23.2 Å².